The number of anilines is 1. The van der Waals surface area contributed by atoms with Crippen LogP contribution in [-0.2, 0) is 11.2 Å². The van der Waals surface area contributed by atoms with E-state index in [2.05, 4.69) is 10.3 Å². The van der Waals surface area contributed by atoms with Gasteiger partial charge in [-0.2, -0.15) is 0 Å². The SMILES string of the molecule is Cc1cccnc1NC(=O)Cc1cc(Cl)c2c(c1)OCCO2. The highest BCUT2D eigenvalue weighted by atomic mass is 35.5. The molecule has 0 radical (unpaired) electrons. The van der Waals surface area contributed by atoms with Crippen molar-refractivity contribution in [2.75, 3.05) is 18.5 Å². The summed E-state index contributed by atoms with van der Waals surface area (Å²) in [6.07, 6.45) is 1.83. The van der Waals surface area contributed by atoms with Crippen molar-refractivity contribution in [2.45, 2.75) is 13.3 Å². The topological polar surface area (TPSA) is 60.5 Å². The zero-order chi connectivity index (χ0) is 15.5. The largest absolute Gasteiger partial charge is 0.486 e. The first-order valence-electron chi connectivity index (χ1n) is 6.93. The van der Waals surface area contributed by atoms with Crippen LogP contribution in [0, 0.1) is 6.92 Å². The molecule has 1 N–H and O–H groups in total. The lowest BCUT2D eigenvalue weighted by molar-refractivity contribution is -0.115. The number of rotatable bonds is 3. The molecule has 0 saturated heterocycles. The molecule has 1 aromatic carbocycles. The fourth-order valence-electron chi connectivity index (χ4n) is 2.24. The van der Waals surface area contributed by atoms with Gasteiger partial charge >= 0.3 is 0 Å². The highest BCUT2D eigenvalue weighted by Crippen LogP contribution is 2.38. The number of hydrogen-bond donors (Lipinski definition) is 1. The normalized spacial score (nSPS) is 12.8. The molecule has 0 fully saturated rings. The lowest BCUT2D eigenvalue weighted by Crippen LogP contribution is -2.18. The molecule has 0 bridgehead atoms. The first-order chi connectivity index (χ1) is 10.6. The van der Waals surface area contributed by atoms with Crippen LogP contribution in [0.25, 0.3) is 0 Å². The summed E-state index contributed by atoms with van der Waals surface area (Å²) in [4.78, 5) is 16.3. The molecule has 0 saturated carbocycles. The molecule has 2 heterocycles. The van der Waals surface area contributed by atoms with Crippen molar-refractivity contribution in [3.8, 4) is 11.5 Å². The minimum absolute atomic E-state index is 0.158. The molecular weight excluding hydrogens is 304 g/mol. The first kappa shape index (κ1) is 14.7. The predicted octanol–water partition coefficient (Wildman–Crippen LogP) is 3.00. The molecule has 3 rings (SSSR count). The van der Waals surface area contributed by atoms with Crippen molar-refractivity contribution in [2.24, 2.45) is 0 Å². The van der Waals surface area contributed by atoms with Crippen molar-refractivity contribution in [1.29, 1.82) is 0 Å². The number of benzene rings is 1. The van der Waals surface area contributed by atoms with Crippen molar-refractivity contribution < 1.29 is 14.3 Å². The summed E-state index contributed by atoms with van der Waals surface area (Å²) in [5, 5.41) is 3.25. The van der Waals surface area contributed by atoms with Gasteiger partial charge in [0.2, 0.25) is 5.91 Å². The second-order valence-corrected chi connectivity index (χ2v) is 5.40. The number of nitrogens with zero attached hydrogens (tertiary/aromatic N) is 1. The minimum Gasteiger partial charge on any atom is -0.486 e. The van der Waals surface area contributed by atoms with Gasteiger partial charge in [0, 0.05) is 6.20 Å². The number of fused-ring (bicyclic) bond motifs is 1. The lowest BCUT2D eigenvalue weighted by atomic mass is 10.1. The number of carbonyl (C=O) groups excluding carboxylic acids is 1. The monoisotopic (exact) mass is 318 g/mol. The van der Waals surface area contributed by atoms with Gasteiger partial charge in [-0.1, -0.05) is 17.7 Å². The van der Waals surface area contributed by atoms with Gasteiger partial charge in [0.25, 0.3) is 0 Å². The smallest absolute Gasteiger partial charge is 0.229 e. The summed E-state index contributed by atoms with van der Waals surface area (Å²) >= 11 is 6.17. The molecule has 1 aliphatic rings. The maximum atomic E-state index is 12.1. The van der Waals surface area contributed by atoms with E-state index < -0.39 is 0 Å². The van der Waals surface area contributed by atoms with Gasteiger partial charge in [-0.3, -0.25) is 4.79 Å². The lowest BCUT2D eigenvalue weighted by Gasteiger charge is -2.20. The van der Waals surface area contributed by atoms with E-state index >= 15 is 0 Å². The van der Waals surface area contributed by atoms with E-state index in [1.54, 1.807) is 18.3 Å². The highest BCUT2D eigenvalue weighted by molar-refractivity contribution is 6.32. The Morgan fingerprint density at radius 1 is 1.36 bits per heavy atom. The molecule has 1 amide bonds. The van der Waals surface area contributed by atoms with Crippen LogP contribution in [0.5, 0.6) is 11.5 Å². The summed E-state index contributed by atoms with van der Waals surface area (Å²) in [6.45, 7) is 2.85. The fraction of sp³-hybridized carbons (Fsp3) is 0.250. The van der Waals surface area contributed by atoms with Crippen LogP contribution in [0.1, 0.15) is 11.1 Å². The van der Waals surface area contributed by atoms with E-state index in [1.807, 2.05) is 19.1 Å². The molecule has 5 nitrogen and oxygen atoms in total. The Morgan fingerprint density at radius 3 is 3.00 bits per heavy atom. The first-order valence-corrected chi connectivity index (χ1v) is 7.31. The van der Waals surface area contributed by atoms with Crippen molar-refractivity contribution >= 4 is 23.3 Å². The Hall–Kier alpha value is -2.27. The summed E-state index contributed by atoms with van der Waals surface area (Å²) in [5.74, 6) is 1.53. The number of carbonyl (C=O) groups is 1. The van der Waals surface area contributed by atoms with E-state index in [1.165, 1.54) is 0 Å². The molecule has 22 heavy (non-hydrogen) atoms. The number of aryl methyl sites for hydroxylation is 1. The second-order valence-electron chi connectivity index (χ2n) is 5.00. The van der Waals surface area contributed by atoms with Crippen LogP contribution in [-0.4, -0.2) is 24.1 Å². The molecule has 6 heteroatoms. The summed E-state index contributed by atoms with van der Waals surface area (Å²) in [6, 6.07) is 7.22. The average Bonchev–Trinajstić information content (AvgIpc) is 2.49. The third-order valence-electron chi connectivity index (χ3n) is 3.29. The van der Waals surface area contributed by atoms with Crippen LogP contribution < -0.4 is 14.8 Å². The number of amides is 1. The van der Waals surface area contributed by atoms with Crippen molar-refractivity contribution in [1.82, 2.24) is 4.98 Å². The molecular formula is C16H15ClN2O3. The Kier molecular flexibility index (Phi) is 4.15. The Morgan fingerprint density at radius 2 is 2.18 bits per heavy atom. The Balaban J connectivity index is 1.74. The third kappa shape index (κ3) is 3.14. The van der Waals surface area contributed by atoms with Gasteiger partial charge in [-0.05, 0) is 36.2 Å². The number of halogens is 1. The third-order valence-corrected chi connectivity index (χ3v) is 3.57. The van der Waals surface area contributed by atoms with Gasteiger partial charge in [0.05, 0.1) is 11.4 Å². The van der Waals surface area contributed by atoms with Crippen LogP contribution >= 0.6 is 11.6 Å². The fourth-order valence-corrected chi connectivity index (χ4v) is 2.53. The van der Waals surface area contributed by atoms with Crippen LogP contribution in [0.2, 0.25) is 5.02 Å². The van der Waals surface area contributed by atoms with Crippen molar-refractivity contribution in [3.05, 3.63) is 46.6 Å². The molecule has 0 aliphatic carbocycles. The molecule has 114 valence electrons. The van der Waals surface area contributed by atoms with E-state index in [0.29, 0.717) is 35.6 Å². The maximum absolute atomic E-state index is 12.1. The number of nitrogens with one attached hydrogen (secondary N) is 1. The number of pyridine rings is 1. The average molecular weight is 319 g/mol. The summed E-state index contributed by atoms with van der Waals surface area (Å²) in [5.41, 5.74) is 1.68. The van der Waals surface area contributed by atoms with Crippen LogP contribution in [0.4, 0.5) is 5.82 Å². The number of ether oxygens (including phenoxy) is 2. The standard InChI is InChI=1S/C16H15ClN2O3/c1-10-3-2-4-18-16(10)19-14(20)9-11-7-12(17)15-13(8-11)21-5-6-22-15/h2-4,7-8H,5-6,9H2,1H3,(H,18,19,20). The van der Waals surface area contributed by atoms with Gasteiger partial charge < -0.3 is 14.8 Å². The van der Waals surface area contributed by atoms with E-state index in [-0.39, 0.29) is 12.3 Å². The summed E-state index contributed by atoms with van der Waals surface area (Å²) in [7, 11) is 0. The van der Waals surface area contributed by atoms with Gasteiger partial charge in [0.1, 0.15) is 19.0 Å². The molecule has 1 aliphatic heterocycles. The van der Waals surface area contributed by atoms with E-state index in [0.717, 1.165) is 11.1 Å². The molecule has 2 aromatic rings. The predicted molar refractivity (Wildman–Crippen MR) is 83.7 cm³/mol. The molecule has 1 aromatic heterocycles. The highest BCUT2D eigenvalue weighted by Gasteiger charge is 2.18. The van der Waals surface area contributed by atoms with Crippen molar-refractivity contribution in [3.63, 3.8) is 0 Å². The molecule has 0 spiro atoms. The summed E-state index contributed by atoms with van der Waals surface area (Å²) < 4.78 is 11.0. The second kappa shape index (κ2) is 6.23. The van der Waals surface area contributed by atoms with Gasteiger partial charge in [-0.15, -0.1) is 0 Å². The zero-order valence-corrected chi connectivity index (χ0v) is 12.8. The molecule has 0 atom stereocenters. The maximum Gasteiger partial charge on any atom is 0.229 e. The van der Waals surface area contributed by atoms with Gasteiger partial charge in [-0.25, -0.2) is 4.98 Å². The minimum atomic E-state index is -0.158. The molecule has 0 unspecified atom stereocenters. The quantitative estimate of drug-likeness (QED) is 0.945. The Bertz CT molecular complexity index is 719. The van der Waals surface area contributed by atoms with E-state index in [9.17, 15) is 4.79 Å². The van der Waals surface area contributed by atoms with Crippen LogP contribution in [0.3, 0.4) is 0 Å². The van der Waals surface area contributed by atoms with Crippen LogP contribution in [0.15, 0.2) is 30.5 Å². The number of aromatic nitrogens is 1. The number of hydrogen-bond acceptors (Lipinski definition) is 4. The van der Waals surface area contributed by atoms with E-state index in [4.69, 9.17) is 21.1 Å². The Labute approximate surface area is 133 Å². The zero-order valence-electron chi connectivity index (χ0n) is 12.1. The van der Waals surface area contributed by atoms with Gasteiger partial charge in [0.15, 0.2) is 11.5 Å².